The molecule has 18 heavy (non-hydrogen) atoms. The quantitative estimate of drug-likeness (QED) is 0.872. The van der Waals surface area contributed by atoms with Crippen LogP contribution < -0.4 is 5.32 Å². The molecule has 0 fully saturated rings. The number of nitrogens with zero attached hydrogens (tertiary/aromatic N) is 1. The van der Waals surface area contributed by atoms with Crippen LogP contribution in [0.3, 0.4) is 0 Å². The maximum absolute atomic E-state index is 12.0. The monoisotopic (exact) mass is 324 g/mol. The Hall–Kier alpha value is -1.20. The van der Waals surface area contributed by atoms with Crippen LogP contribution in [0.2, 0.25) is 0 Å². The van der Waals surface area contributed by atoms with Gasteiger partial charge in [-0.15, -0.1) is 11.8 Å². The van der Waals surface area contributed by atoms with Gasteiger partial charge in [-0.25, -0.2) is 0 Å². The minimum absolute atomic E-state index is 0.111. The van der Waals surface area contributed by atoms with Crippen LogP contribution >= 0.6 is 27.7 Å². The van der Waals surface area contributed by atoms with E-state index in [1.807, 2.05) is 43.8 Å². The lowest BCUT2D eigenvalue weighted by Gasteiger charge is -2.06. The summed E-state index contributed by atoms with van der Waals surface area (Å²) in [4.78, 5) is 13.2. The number of hydrogen-bond acceptors (Lipinski definition) is 2. The van der Waals surface area contributed by atoms with Crippen molar-refractivity contribution >= 4 is 39.3 Å². The summed E-state index contributed by atoms with van der Waals surface area (Å²) in [6.07, 6.45) is 3.88. The molecule has 5 heteroatoms. The fourth-order valence-corrected chi connectivity index (χ4v) is 2.55. The SMILES string of the molecule is CSc1ccc(NC(=O)c2cc(Br)cn2C)cc1. The minimum Gasteiger partial charge on any atom is -0.345 e. The maximum atomic E-state index is 12.0. The van der Waals surface area contributed by atoms with Crippen molar-refractivity contribution in [3.05, 3.63) is 46.7 Å². The molecule has 94 valence electrons. The third-order valence-electron chi connectivity index (χ3n) is 2.55. The average molecular weight is 325 g/mol. The Bertz CT molecular complexity index is 563. The highest BCUT2D eigenvalue weighted by Crippen LogP contribution is 2.19. The van der Waals surface area contributed by atoms with Crippen LogP contribution in [0.5, 0.6) is 0 Å². The average Bonchev–Trinajstić information content (AvgIpc) is 2.69. The van der Waals surface area contributed by atoms with Crippen molar-refractivity contribution in [2.45, 2.75) is 4.90 Å². The minimum atomic E-state index is -0.111. The first kappa shape index (κ1) is 13.2. The topological polar surface area (TPSA) is 34.0 Å². The zero-order valence-electron chi connectivity index (χ0n) is 10.1. The van der Waals surface area contributed by atoms with E-state index in [9.17, 15) is 4.79 Å². The van der Waals surface area contributed by atoms with Gasteiger partial charge in [0, 0.05) is 28.3 Å². The summed E-state index contributed by atoms with van der Waals surface area (Å²) >= 11 is 5.03. The smallest absolute Gasteiger partial charge is 0.272 e. The summed E-state index contributed by atoms with van der Waals surface area (Å²) in [7, 11) is 1.84. The van der Waals surface area contributed by atoms with Crippen molar-refractivity contribution < 1.29 is 4.79 Å². The van der Waals surface area contributed by atoms with Crippen LogP contribution in [0.1, 0.15) is 10.5 Å². The summed E-state index contributed by atoms with van der Waals surface area (Å²) < 4.78 is 2.68. The number of nitrogens with one attached hydrogen (secondary N) is 1. The number of carbonyl (C=O) groups is 1. The number of amides is 1. The van der Waals surface area contributed by atoms with Crippen LogP contribution in [0.4, 0.5) is 5.69 Å². The van der Waals surface area contributed by atoms with Crippen molar-refractivity contribution in [1.82, 2.24) is 4.57 Å². The number of rotatable bonds is 3. The first-order valence-corrected chi connectivity index (χ1v) is 7.39. The molecule has 1 aromatic carbocycles. The second-order valence-corrected chi connectivity index (χ2v) is 5.63. The van der Waals surface area contributed by atoms with Gasteiger partial charge >= 0.3 is 0 Å². The molecule has 1 heterocycles. The Morgan fingerprint density at radius 1 is 1.33 bits per heavy atom. The van der Waals surface area contributed by atoms with Gasteiger partial charge in [0.25, 0.3) is 5.91 Å². The number of benzene rings is 1. The van der Waals surface area contributed by atoms with Gasteiger partial charge in [-0.05, 0) is 52.5 Å². The third-order valence-corrected chi connectivity index (χ3v) is 3.73. The van der Waals surface area contributed by atoms with Gasteiger partial charge in [0.05, 0.1) is 0 Å². The summed E-state index contributed by atoms with van der Waals surface area (Å²) in [6, 6.07) is 9.58. The summed E-state index contributed by atoms with van der Waals surface area (Å²) in [5.74, 6) is -0.111. The van der Waals surface area contributed by atoms with Crippen LogP contribution in [0.15, 0.2) is 45.9 Å². The van der Waals surface area contributed by atoms with Gasteiger partial charge in [-0.1, -0.05) is 0 Å². The zero-order chi connectivity index (χ0) is 13.1. The predicted octanol–water partition coefficient (Wildman–Crippen LogP) is 3.76. The van der Waals surface area contributed by atoms with E-state index in [0.717, 1.165) is 10.2 Å². The van der Waals surface area contributed by atoms with E-state index >= 15 is 0 Å². The molecule has 0 aliphatic heterocycles. The molecule has 0 saturated carbocycles. The molecule has 0 atom stereocenters. The molecule has 0 bridgehead atoms. The molecule has 0 unspecified atom stereocenters. The highest BCUT2D eigenvalue weighted by molar-refractivity contribution is 9.10. The van der Waals surface area contributed by atoms with Crippen molar-refractivity contribution in [3.8, 4) is 0 Å². The molecule has 2 rings (SSSR count). The van der Waals surface area contributed by atoms with E-state index in [1.54, 1.807) is 22.4 Å². The molecular formula is C13H13BrN2OS. The largest absolute Gasteiger partial charge is 0.345 e. The molecule has 2 aromatic rings. The fourth-order valence-electron chi connectivity index (χ4n) is 1.62. The summed E-state index contributed by atoms with van der Waals surface area (Å²) in [5, 5.41) is 2.87. The molecule has 3 nitrogen and oxygen atoms in total. The number of anilines is 1. The molecule has 0 aliphatic rings. The summed E-state index contributed by atoms with van der Waals surface area (Å²) in [5.41, 5.74) is 1.42. The van der Waals surface area contributed by atoms with E-state index in [-0.39, 0.29) is 5.91 Å². The van der Waals surface area contributed by atoms with E-state index in [4.69, 9.17) is 0 Å². The highest BCUT2D eigenvalue weighted by atomic mass is 79.9. The standard InChI is InChI=1S/C13H13BrN2OS/c1-16-8-9(14)7-12(16)13(17)15-10-3-5-11(18-2)6-4-10/h3-8H,1-2H3,(H,15,17). The molecule has 0 spiro atoms. The van der Waals surface area contributed by atoms with Gasteiger partial charge in [0.2, 0.25) is 0 Å². The first-order chi connectivity index (χ1) is 8.60. The maximum Gasteiger partial charge on any atom is 0.272 e. The van der Waals surface area contributed by atoms with Crippen LogP contribution in [-0.2, 0) is 7.05 Å². The van der Waals surface area contributed by atoms with Crippen molar-refractivity contribution in [2.75, 3.05) is 11.6 Å². The van der Waals surface area contributed by atoms with E-state index in [1.165, 1.54) is 4.90 Å². The van der Waals surface area contributed by atoms with Gasteiger partial charge in [0.15, 0.2) is 0 Å². The molecular weight excluding hydrogens is 312 g/mol. The van der Waals surface area contributed by atoms with Crippen molar-refractivity contribution in [2.24, 2.45) is 7.05 Å². The number of aryl methyl sites for hydroxylation is 1. The van der Waals surface area contributed by atoms with Gasteiger partial charge < -0.3 is 9.88 Å². The Morgan fingerprint density at radius 3 is 2.50 bits per heavy atom. The molecule has 0 saturated heterocycles. The van der Waals surface area contributed by atoms with Crippen molar-refractivity contribution in [3.63, 3.8) is 0 Å². The number of carbonyl (C=O) groups excluding carboxylic acids is 1. The van der Waals surface area contributed by atoms with Gasteiger partial charge in [-0.3, -0.25) is 4.79 Å². The lowest BCUT2D eigenvalue weighted by atomic mass is 10.3. The van der Waals surface area contributed by atoms with Gasteiger partial charge in [0.1, 0.15) is 5.69 Å². The van der Waals surface area contributed by atoms with E-state index in [0.29, 0.717) is 5.69 Å². The third kappa shape index (κ3) is 2.97. The normalized spacial score (nSPS) is 10.4. The number of aromatic nitrogens is 1. The number of thioether (sulfide) groups is 1. The van der Waals surface area contributed by atoms with Crippen molar-refractivity contribution in [1.29, 1.82) is 0 Å². The molecule has 0 radical (unpaired) electrons. The number of hydrogen-bond donors (Lipinski definition) is 1. The Labute approximate surface area is 119 Å². The molecule has 0 aliphatic carbocycles. The molecule has 1 amide bonds. The highest BCUT2D eigenvalue weighted by Gasteiger charge is 2.10. The molecule has 1 aromatic heterocycles. The van der Waals surface area contributed by atoms with Crippen LogP contribution in [0, 0.1) is 0 Å². The second-order valence-electron chi connectivity index (χ2n) is 3.84. The Kier molecular flexibility index (Phi) is 4.14. The second kappa shape index (κ2) is 5.63. The first-order valence-electron chi connectivity index (χ1n) is 5.37. The fraction of sp³-hybridized carbons (Fsp3) is 0.154. The van der Waals surface area contributed by atoms with E-state index < -0.39 is 0 Å². The lowest BCUT2D eigenvalue weighted by molar-refractivity contribution is 0.101. The van der Waals surface area contributed by atoms with Crippen LogP contribution in [0.25, 0.3) is 0 Å². The van der Waals surface area contributed by atoms with Gasteiger partial charge in [-0.2, -0.15) is 0 Å². The van der Waals surface area contributed by atoms with E-state index in [2.05, 4.69) is 21.2 Å². The Morgan fingerprint density at radius 2 is 2.00 bits per heavy atom. The molecule has 1 N–H and O–H groups in total. The lowest BCUT2D eigenvalue weighted by Crippen LogP contribution is -2.15. The Balaban J connectivity index is 2.13. The van der Waals surface area contributed by atoms with Crippen LogP contribution in [-0.4, -0.2) is 16.7 Å². The predicted molar refractivity (Wildman–Crippen MR) is 79.3 cm³/mol. The zero-order valence-corrected chi connectivity index (χ0v) is 12.5. The summed E-state index contributed by atoms with van der Waals surface area (Å²) in [6.45, 7) is 0. The number of halogens is 1.